The molecule has 13 heavy (non-hydrogen) atoms. The number of nitrogens with zero attached hydrogens (tertiary/aromatic N) is 1. The van der Waals surface area contributed by atoms with Gasteiger partial charge in [-0.25, -0.2) is 4.98 Å². The fourth-order valence-corrected chi connectivity index (χ4v) is 1.51. The van der Waals surface area contributed by atoms with Crippen molar-refractivity contribution in [2.75, 3.05) is 18.4 Å². The van der Waals surface area contributed by atoms with Crippen molar-refractivity contribution < 1.29 is 0 Å². The highest BCUT2D eigenvalue weighted by molar-refractivity contribution is 7.13. The van der Waals surface area contributed by atoms with Gasteiger partial charge in [0.25, 0.3) is 0 Å². The van der Waals surface area contributed by atoms with Crippen molar-refractivity contribution in [3.05, 3.63) is 11.1 Å². The highest BCUT2D eigenvalue weighted by Crippen LogP contribution is 2.18. The lowest BCUT2D eigenvalue weighted by molar-refractivity contribution is 0.405. The highest BCUT2D eigenvalue weighted by Gasteiger charge is 2.15. The Balaban J connectivity index is 2.43. The van der Waals surface area contributed by atoms with Crippen LogP contribution in [-0.4, -0.2) is 18.1 Å². The van der Waals surface area contributed by atoms with Crippen molar-refractivity contribution in [3.8, 4) is 0 Å². The lowest BCUT2D eigenvalue weighted by Crippen LogP contribution is -2.31. The van der Waals surface area contributed by atoms with E-state index in [1.807, 2.05) is 12.3 Å². The summed E-state index contributed by atoms with van der Waals surface area (Å²) in [5, 5.41) is 6.31. The van der Waals surface area contributed by atoms with Gasteiger partial charge in [-0.1, -0.05) is 13.8 Å². The molecule has 3 N–H and O–H groups in total. The Kier molecular flexibility index (Phi) is 3.27. The van der Waals surface area contributed by atoms with Crippen molar-refractivity contribution in [2.45, 2.75) is 20.8 Å². The molecular weight excluding hydrogens is 182 g/mol. The van der Waals surface area contributed by atoms with Gasteiger partial charge in [0.1, 0.15) is 0 Å². The van der Waals surface area contributed by atoms with E-state index in [1.165, 1.54) is 0 Å². The molecule has 0 atom stereocenters. The first-order valence-corrected chi connectivity index (χ1v) is 5.27. The van der Waals surface area contributed by atoms with Gasteiger partial charge in [-0.3, -0.25) is 0 Å². The Bertz CT molecular complexity index is 268. The molecule has 1 heterocycles. The van der Waals surface area contributed by atoms with Gasteiger partial charge in [0.2, 0.25) is 0 Å². The van der Waals surface area contributed by atoms with E-state index in [2.05, 4.69) is 24.1 Å². The first-order valence-electron chi connectivity index (χ1n) is 4.39. The first-order chi connectivity index (χ1) is 6.03. The van der Waals surface area contributed by atoms with E-state index < -0.39 is 0 Å². The molecule has 1 rings (SSSR count). The zero-order valence-electron chi connectivity index (χ0n) is 8.42. The average molecular weight is 199 g/mol. The maximum atomic E-state index is 5.62. The van der Waals surface area contributed by atoms with E-state index in [0.29, 0.717) is 6.54 Å². The molecule has 0 aliphatic rings. The van der Waals surface area contributed by atoms with E-state index in [4.69, 9.17) is 5.73 Å². The Morgan fingerprint density at radius 2 is 2.31 bits per heavy atom. The summed E-state index contributed by atoms with van der Waals surface area (Å²) in [6.45, 7) is 7.83. The summed E-state index contributed by atoms with van der Waals surface area (Å²) in [5.41, 5.74) is 6.82. The van der Waals surface area contributed by atoms with E-state index in [1.54, 1.807) is 11.3 Å². The van der Waals surface area contributed by atoms with Gasteiger partial charge in [-0.2, -0.15) is 0 Å². The minimum atomic E-state index is 0.138. The molecule has 0 bridgehead atoms. The fraction of sp³-hybridized carbons (Fsp3) is 0.667. The standard InChI is InChI=1S/C9H17N3S/c1-7-4-13-8(12-7)11-6-9(2,3)5-10/h4H,5-6,10H2,1-3H3,(H,11,12). The molecule has 4 heteroatoms. The van der Waals surface area contributed by atoms with Crippen LogP contribution in [0.1, 0.15) is 19.5 Å². The zero-order valence-corrected chi connectivity index (χ0v) is 9.24. The fourth-order valence-electron chi connectivity index (χ4n) is 0.822. The Hall–Kier alpha value is -0.610. The largest absolute Gasteiger partial charge is 0.361 e. The summed E-state index contributed by atoms with van der Waals surface area (Å²) >= 11 is 1.64. The lowest BCUT2D eigenvalue weighted by atomic mass is 9.94. The number of nitrogens with one attached hydrogen (secondary N) is 1. The second kappa shape index (κ2) is 4.07. The molecule has 0 fully saturated rings. The monoisotopic (exact) mass is 199 g/mol. The number of thiazole rings is 1. The van der Waals surface area contributed by atoms with Crippen molar-refractivity contribution in [1.82, 2.24) is 4.98 Å². The molecule has 0 radical (unpaired) electrons. The average Bonchev–Trinajstić information content (AvgIpc) is 2.48. The van der Waals surface area contributed by atoms with Gasteiger partial charge in [-0.05, 0) is 18.9 Å². The molecule has 0 spiro atoms. The van der Waals surface area contributed by atoms with Crippen LogP contribution in [0.3, 0.4) is 0 Å². The van der Waals surface area contributed by atoms with Gasteiger partial charge in [-0.15, -0.1) is 11.3 Å². The quantitative estimate of drug-likeness (QED) is 0.778. The number of aromatic nitrogens is 1. The third kappa shape index (κ3) is 3.32. The third-order valence-electron chi connectivity index (χ3n) is 1.89. The second-order valence-electron chi connectivity index (χ2n) is 4.02. The Morgan fingerprint density at radius 1 is 1.62 bits per heavy atom. The van der Waals surface area contributed by atoms with Crippen LogP contribution in [0.5, 0.6) is 0 Å². The summed E-state index contributed by atoms with van der Waals surface area (Å²) in [6.07, 6.45) is 0. The summed E-state index contributed by atoms with van der Waals surface area (Å²) in [4.78, 5) is 4.31. The number of nitrogens with two attached hydrogens (primary N) is 1. The normalized spacial score (nSPS) is 11.7. The zero-order chi connectivity index (χ0) is 9.90. The van der Waals surface area contributed by atoms with Crippen molar-refractivity contribution >= 4 is 16.5 Å². The predicted octanol–water partition coefficient (Wildman–Crippen LogP) is 1.85. The van der Waals surface area contributed by atoms with Crippen LogP contribution in [0.4, 0.5) is 5.13 Å². The minimum Gasteiger partial charge on any atom is -0.361 e. The molecule has 3 nitrogen and oxygen atoms in total. The molecule has 1 aromatic heterocycles. The van der Waals surface area contributed by atoms with Gasteiger partial charge in [0.15, 0.2) is 5.13 Å². The minimum absolute atomic E-state index is 0.138. The van der Waals surface area contributed by atoms with Crippen LogP contribution in [0, 0.1) is 12.3 Å². The number of rotatable bonds is 4. The number of anilines is 1. The SMILES string of the molecule is Cc1csc(NCC(C)(C)CN)n1. The summed E-state index contributed by atoms with van der Waals surface area (Å²) < 4.78 is 0. The molecule has 0 saturated carbocycles. The van der Waals surface area contributed by atoms with Gasteiger partial charge >= 0.3 is 0 Å². The maximum absolute atomic E-state index is 5.62. The number of hydrogen-bond donors (Lipinski definition) is 2. The topological polar surface area (TPSA) is 50.9 Å². The van der Waals surface area contributed by atoms with E-state index in [9.17, 15) is 0 Å². The molecule has 0 aromatic carbocycles. The van der Waals surface area contributed by atoms with Crippen LogP contribution < -0.4 is 11.1 Å². The molecule has 0 unspecified atom stereocenters. The Labute approximate surface area is 83.4 Å². The predicted molar refractivity (Wildman–Crippen MR) is 58.2 cm³/mol. The highest BCUT2D eigenvalue weighted by atomic mass is 32.1. The molecule has 1 aromatic rings. The molecular formula is C9H17N3S. The molecule has 0 aliphatic carbocycles. The van der Waals surface area contributed by atoms with Crippen LogP contribution in [0.15, 0.2) is 5.38 Å². The van der Waals surface area contributed by atoms with Gasteiger partial charge in [0, 0.05) is 11.9 Å². The third-order valence-corrected chi connectivity index (χ3v) is 2.81. The number of aryl methyl sites for hydroxylation is 1. The second-order valence-corrected chi connectivity index (χ2v) is 4.87. The van der Waals surface area contributed by atoms with Crippen molar-refractivity contribution in [3.63, 3.8) is 0 Å². The van der Waals surface area contributed by atoms with Crippen LogP contribution in [-0.2, 0) is 0 Å². The van der Waals surface area contributed by atoms with E-state index in [-0.39, 0.29) is 5.41 Å². The summed E-state index contributed by atoms with van der Waals surface area (Å²) in [5.74, 6) is 0. The summed E-state index contributed by atoms with van der Waals surface area (Å²) in [7, 11) is 0. The Morgan fingerprint density at radius 3 is 2.77 bits per heavy atom. The molecule has 74 valence electrons. The number of hydrogen-bond acceptors (Lipinski definition) is 4. The smallest absolute Gasteiger partial charge is 0.182 e. The van der Waals surface area contributed by atoms with Crippen molar-refractivity contribution in [2.24, 2.45) is 11.1 Å². The van der Waals surface area contributed by atoms with Crippen molar-refractivity contribution in [1.29, 1.82) is 0 Å². The molecule has 0 aliphatic heterocycles. The summed E-state index contributed by atoms with van der Waals surface area (Å²) in [6, 6.07) is 0. The lowest BCUT2D eigenvalue weighted by Gasteiger charge is -2.22. The van der Waals surface area contributed by atoms with Gasteiger partial charge in [0.05, 0.1) is 5.69 Å². The maximum Gasteiger partial charge on any atom is 0.182 e. The molecule has 0 saturated heterocycles. The van der Waals surface area contributed by atoms with Gasteiger partial charge < -0.3 is 11.1 Å². The van der Waals surface area contributed by atoms with Crippen LogP contribution in [0.25, 0.3) is 0 Å². The van der Waals surface area contributed by atoms with Crippen LogP contribution >= 0.6 is 11.3 Å². The van der Waals surface area contributed by atoms with E-state index in [0.717, 1.165) is 17.4 Å². The first kappa shape index (κ1) is 10.5. The van der Waals surface area contributed by atoms with Crippen LogP contribution in [0.2, 0.25) is 0 Å². The molecule has 0 amide bonds. The van der Waals surface area contributed by atoms with E-state index >= 15 is 0 Å².